The summed E-state index contributed by atoms with van der Waals surface area (Å²) in [5, 5.41) is 4.14. The molecule has 0 saturated carbocycles. The summed E-state index contributed by atoms with van der Waals surface area (Å²) in [4.78, 5) is 0.0435. The molecule has 1 heterocycles. The molecular formula is C13H12BrFS. The van der Waals surface area contributed by atoms with E-state index in [0.29, 0.717) is 0 Å². The molecule has 0 spiro atoms. The predicted octanol–water partition coefficient (Wildman–Crippen LogP) is 4.87. The molecule has 0 aliphatic heterocycles. The average Bonchev–Trinajstić information content (AvgIpc) is 2.74. The molecule has 3 heteroatoms. The third kappa shape index (κ3) is 2.71. The van der Waals surface area contributed by atoms with E-state index in [2.05, 4.69) is 27.4 Å². The zero-order valence-electron chi connectivity index (χ0n) is 8.91. The fourth-order valence-electron chi connectivity index (χ4n) is 1.63. The lowest BCUT2D eigenvalue weighted by molar-refractivity contribution is 0.607. The Bertz CT molecular complexity index is 465. The molecule has 1 unspecified atom stereocenters. The first-order valence-corrected chi connectivity index (χ1v) is 6.94. The quantitative estimate of drug-likeness (QED) is 0.709. The van der Waals surface area contributed by atoms with E-state index in [1.807, 2.05) is 18.4 Å². The fourth-order valence-corrected chi connectivity index (χ4v) is 3.04. The first-order chi connectivity index (χ1) is 7.66. The molecular weight excluding hydrogens is 287 g/mol. The van der Waals surface area contributed by atoms with Gasteiger partial charge in [-0.2, -0.15) is 11.3 Å². The zero-order chi connectivity index (χ0) is 11.5. The number of hydrogen-bond donors (Lipinski definition) is 0. The number of aryl methyl sites for hydroxylation is 1. The van der Waals surface area contributed by atoms with Crippen LogP contribution in [0.25, 0.3) is 0 Å². The molecule has 1 atom stereocenters. The predicted molar refractivity (Wildman–Crippen MR) is 70.8 cm³/mol. The van der Waals surface area contributed by atoms with Crippen LogP contribution in [0.4, 0.5) is 4.39 Å². The normalized spacial score (nSPS) is 12.7. The van der Waals surface area contributed by atoms with Gasteiger partial charge in [0.25, 0.3) is 0 Å². The van der Waals surface area contributed by atoms with Crippen LogP contribution >= 0.6 is 27.3 Å². The van der Waals surface area contributed by atoms with Gasteiger partial charge in [0.2, 0.25) is 0 Å². The highest BCUT2D eigenvalue weighted by molar-refractivity contribution is 9.09. The van der Waals surface area contributed by atoms with Gasteiger partial charge >= 0.3 is 0 Å². The molecule has 0 aliphatic carbocycles. The summed E-state index contributed by atoms with van der Waals surface area (Å²) in [7, 11) is 0. The minimum atomic E-state index is -0.136. The number of thiophene rings is 1. The number of rotatable bonds is 3. The summed E-state index contributed by atoms with van der Waals surface area (Å²) in [6.45, 7) is 1.98. The maximum atomic E-state index is 13.6. The van der Waals surface area contributed by atoms with Gasteiger partial charge in [-0.15, -0.1) is 0 Å². The third-order valence-electron chi connectivity index (χ3n) is 2.48. The molecule has 0 amide bonds. The van der Waals surface area contributed by atoms with Crippen molar-refractivity contribution in [3.63, 3.8) is 0 Å². The minimum absolute atomic E-state index is 0.0435. The number of benzene rings is 1. The van der Waals surface area contributed by atoms with Crippen molar-refractivity contribution in [1.82, 2.24) is 0 Å². The molecule has 0 bridgehead atoms. The van der Waals surface area contributed by atoms with Crippen molar-refractivity contribution in [2.24, 2.45) is 0 Å². The van der Waals surface area contributed by atoms with Crippen LogP contribution in [0.2, 0.25) is 0 Å². The van der Waals surface area contributed by atoms with Gasteiger partial charge in [-0.05, 0) is 41.8 Å². The van der Waals surface area contributed by atoms with Gasteiger partial charge in [-0.3, -0.25) is 0 Å². The van der Waals surface area contributed by atoms with Crippen LogP contribution in [0, 0.1) is 12.7 Å². The summed E-state index contributed by atoms with van der Waals surface area (Å²) in [6, 6.07) is 7.31. The van der Waals surface area contributed by atoms with E-state index in [4.69, 9.17) is 0 Å². The Labute approximate surface area is 107 Å². The highest BCUT2D eigenvalue weighted by atomic mass is 79.9. The minimum Gasteiger partial charge on any atom is -0.207 e. The highest BCUT2D eigenvalue weighted by Crippen LogP contribution is 2.30. The third-order valence-corrected chi connectivity index (χ3v) is 4.03. The Balaban J connectivity index is 2.20. The molecule has 1 aromatic carbocycles. The lowest BCUT2D eigenvalue weighted by Gasteiger charge is -2.11. The monoisotopic (exact) mass is 298 g/mol. The second-order valence-electron chi connectivity index (χ2n) is 3.83. The van der Waals surface area contributed by atoms with E-state index in [-0.39, 0.29) is 10.6 Å². The van der Waals surface area contributed by atoms with Crippen molar-refractivity contribution < 1.29 is 4.39 Å². The van der Waals surface area contributed by atoms with Crippen LogP contribution in [0.15, 0.2) is 35.0 Å². The molecule has 16 heavy (non-hydrogen) atoms. The van der Waals surface area contributed by atoms with Gasteiger partial charge in [0.1, 0.15) is 5.82 Å². The van der Waals surface area contributed by atoms with Crippen molar-refractivity contribution in [2.45, 2.75) is 18.2 Å². The Hall–Kier alpha value is -0.670. The summed E-state index contributed by atoms with van der Waals surface area (Å²) in [5.41, 5.74) is 3.07. The average molecular weight is 299 g/mol. The van der Waals surface area contributed by atoms with E-state index < -0.39 is 0 Å². The van der Waals surface area contributed by atoms with Gasteiger partial charge in [0, 0.05) is 10.4 Å². The Kier molecular flexibility index (Phi) is 3.77. The first kappa shape index (κ1) is 11.8. The Morgan fingerprint density at radius 3 is 2.88 bits per heavy atom. The Morgan fingerprint density at radius 2 is 2.19 bits per heavy atom. The van der Waals surface area contributed by atoms with Crippen molar-refractivity contribution in [3.05, 3.63) is 57.5 Å². The molecule has 0 fully saturated rings. The van der Waals surface area contributed by atoms with Crippen molar-refractivity contribution >= 4 is 27.3 Å². The summed E-state index contributed by atoms with van der Waals surface area (Å²) >= 11 is 5.23. The van der Waals surface area contributed by atoms with Crippen LogP contribution < -0.4 is 0 Å². The lowest BCUT2D eigenvalue weighted by Crippen LogP contribution is -1.98. The van der Waals surface area contributed by atoms with Crippen LogP contribution in [-0.2, 0) is 6.42 Å². The summed E-state index contributed by atoms with van der Waals surface area (Å²) < 4.78 is 13.6. The Morgan fingerprint density at radius 1 is 1.38 bits per heavy atom. The van der Waals surface area contributed by atoms with E-state index in [0.717, 1.165) is 17.5 Å². The van der Waals surface area contributed by atoms with Crippen LogP contribution in [0.5, 0.6) is 0 Å². The maximum absolute atomic E-state index is 13.6. The van der Waals surface area contributed by atoms with Crippen molar-refractivity contribution in [1.29, 1.82) is 0 Å². The van der Waals surface area contributed by atoms with E-state index in [9.17, 15) is 4.39 Å². The lowest BCUT2D eigenvalue weighted by atomic mass is 10.0. The van der Waals surface area contributed by atoms with Crippen LogP contribution in [0.1, 0.15) is 21.5 Å². The molecule has 2 rings (SSSR count). The largest absolute Gasteiger partial charge is 0.207 e. The molecule has 84 valence electrons. The second kappa shape index (κ2) is 5.11. The fraction of sp³-hybridized carbons (Fsp3) is 0.231. The number of alkyl halides is 1. The SMILES string of the molecule is Cc1ccc(F)c(C(Br)Cc2ccsc2)c1. The van der Waals surface area contributed by atoms with E-state index >= 15 is 0 Å². The molecule has 2 aromatic rings. The van der Waals surface area contributed by atoms with Gasteiger partial charge in [-0.1, -0.05) is 33.6 Å². The molecule has 0 nitrogen and oxygen atoms in total. The highest BCUT2D eigenvalue weighted by Gasteiger charge is 2.13. The molecule has 0 aliphatic rings. The van der Waals surface area contributed by atoms with Crippen LogP contribution in [0.3, 0.4) is 0 Å². The summed E-state index contributed by atoms with van der Waals surface area (Å²) in [5.74, 6) is -0.136. The van der Waals surface area contributed by atoms with Gasteiger partial charge in [-0.25, -0.2) is 4.39 Å². The second-order valence-corrected chi connectivity index (χ2v) is 5.71. The van der Waals surface area contributed by atoms with E-state index in [1.165, 1.54) is 11.6 Å². The van der Waals surface area contributed by atoms with Gasteiger partial charge in [0.05, 0.1) is 0 Å². The summed E-state index contributed by atoms with van der Waals surface area (Å²) in [6.07, 6.45) is 0.823. The van der Waals surface area contributed by atoms with Gasteiger partial charge < -0.3 is 0 Å². The topological polar surface area (TPSA) is 0 Å². The number of halogens is 2. The molecule has 0 N–H and O–H groups in total. The molecule has 0 saturated heterocycles. The van der Waals surface area contributed by atoms with Crippen LogP contribution in [-0.4, -0.2) is 0 Å². The molecule has 0 radical (unpaired) electrons. The first-order valence-electron chi connectivity index (χ1n) is 5.08. The number of hydrogen-bond acceptors (Lipinski definition) is 1. The van der Waals surface area contributed by atoms with E-state index in [1.54, 1.807) is 17.4 Å². The maximum Gasteiger partial charge on any atom is 0.127 e. The standard InChI is InChI=1S/C13H12BrFS/c1-9-2-3-13(15)11(6-9)12(14)7-10-4-5-16-8-10/h2-6,8,12H,7H2,1H3. The van der Waals surface area contributed by atoms with Gasteiger partial charge in [0.15, 0.2) is 0 Å². The molecule has 1 aromatic heterocycles. The zero-order valence-corrected chi connectivity index (χ0v) is 11.3. The smallest absolute Gasteiger partial charge is 0.127 e. The van der Waals surface area contributed by atoms with Crippen molar-refractivity contribution in [3.8, 4) is 0 Å². The van der Waals surface area contributed by atoms with Crippen molar-refractivity contribution in [2.75, 3.05) is 0 Å².